The highest BCUT2D eigenvalue weighted by molar-refractivity contribution is 7.93. The van der Waals surface area contributed by atoms with Crippen LogP contribution in [-0.4, -0.2) is 35.8 Å². The Balaban J connectivity index is 1.45. The molecule has 0 radical (unpaired) electrons. The number of aromatic nitrogens is 2. The van der Waals surface area contributed by atoms with Crippen LogP contribution in [0.1, 0.15) is 48.9 Å². The molecule has 3 aromatic rings. The monoisotopic (exact) mass is 456 g/mol. The summed E-state index contributed by atoms with van der Waals surface area (Å²) in [5.74, 6) is 0.647. The third kappa shape index (κ3) is 4.17. The van der Waals surface area contributed by atoms with Crippen molar-refractivity contribution in [2.24, 2.45) is 0 Å². The lowest BCUT2D eigenvalue weighted by Crippen LogP contribution is -2.38. The number of nitrogens with zero attached hydrogens (tertiary/aromatic N) is 3. The van der Waals surface area contributed by atoms with E-state index in [0.29, 0.717) is 18.4 Å². The Morgan fingerprint density at radius 1 is 1.06 bits per heavy atom. The third-order valence-corrected chi connectivity index (χ3v) is 8.06. The maximum atomic E-state index is 12.8. The highest BCUT2D eigenvalue weighted by Gasteiger charge is 2.34. The van der Waals surface area contributed by atoms with Gasteiger partial charge in [-0.15, -0.1) is 0 Å². The Morgan fingerprint density at radius 2 is 1.94 bits per heavy atom. The first kappa shape index (κ1) is 20.4. The Hall–Kier alpha value is -2.49. The van der Waals surface area contributed by atoms with Crippen LogP contribution in [0.5, 0.6) is 5.75 Å². The summed E-state index contributed by atoms with van der Waals surface area (Å²) in [6.45, 7) is 1.60. The standard InChI is InChI=1S/C22H24N4O3S2/c27-31(28,25-22-23-15-24-30-22)17-9-10-18-20(11-13-29-21(18)14-17)26-12-5-4-8-19(26)16-6-2-1-3-7-16/h1-3,6-7,9-10,14-15,19-20H,4-5,8,11-13H2,(H,23,24,25)/t19-,20-/m0/s1. The SMILES string of the molecule is O=S(=O)(Nc1ncns1)c1ccc2c(c1)OCC[C@@H]2N1CCCC[C@H]1c1ccccc1. The second-order valence-electron chi connectivity index (χ2n) is 7.86. The van der Waals surface area contributed by atoms with E-state index < -0.39 is 10.0 Å². The van der Waals surface area contributed by atoms with Crippen LogP contribution in [0.3, 0.4) is 0 Å². The quantitative estimate of drug-likeness (QED) is 0.613. The van der Waals surface area contributed by atoms with Crippen LogP contribution in [-0.2, 0) is 10.0 Å². The van der Waals surface area contributed by atoms with E-state index in [0.717, 1.165) is 36.5 Å². The molecule has 31 heavy (non-hydrogen) atoms. The summed E-state index contributed by atoms with van der Waals surface area (Å²) in [7, 11) is -3.75. The first-order chi connectivity index (χ1) is 15.1. The number of anilines is 1. The van der Waals surface area contributed by atoms with Crippen molar-refractivity contribution in [1.29, 1.82) is 0 Å². The molecule has 7 nitrogen and oxygen atoms in total. The summed E-state index contributed by atoms with van der Waals surface area (Å²) in [5.41, 5.74) is 2.40. The highest BCUT2D eigenvalue weighted by Crippen LogP contribution is 2.44. The molecule has 0 bridgehead atoms. The van der Waals surface area contributed by atoms with Crippen molar-refractivity contribution in [3.8, 4) is 5.75 Å². The van der Waals surface area contributed by atoms with Gasteiger partial charge in [-0.25, -0.2) is 13.4 Å². The van der Waals surface area contributed by atoms with Crippen molar-refractivity contribution in [1.82, 2.24) is 14.3 Å². The van der Waals surface area contributed by atoms with Gasteiger partial charge in [-0.2, -0.15) is 4.37 Å². The molecule has 2 aliphatic rings. The Bertz CT molecular complexity index is 1140. The van der Waals surface area contributed by atoms with E-state index in [-0.39, 0.29) is 16.1 Å². The molecule has 9 heteroatoms. The third-order valence-electron chi connectivity index (χ3n) is 6.02. The Morgan fingerprint density at radius 3 is 2.74 bits per heavy atom. The largest absolute Gasteiger partial charge is 0.493 e. The number of sulfonamides is 1. The predicted octanol–water partition coefficient (Wildman–Crippen LogP) is 4.39. The van der Waals surface area contributed by atoms with Crippen molar-refractivity contribution in [2.45, 2.75) is 42.7 Å². The topological polar surface area (TPSA) is 84.4 Å². The van der Waals surface area contributed by atoms with Crippen molar-refractivity contribution in [3.05, 3.63) is 66.0 Å². The first-order valence-corrected chi connectivity index (χ1v) is 12.7. The van der Waals surface area contributed by atoms with Crippen molar-refractivity contribution in [3.63, 3.8) is 0 Å². The van der Waals surface area contributed by atoms with Gasteiger partial charge in [0.15, 0.2) is 0 Å². The van der Waals surface area contributed by atoms with E-state index in [1.807, 2.05) is 6.07 Å². The normalized spacial score (nSPS) is 21.8. The van der Waals surface area contributed by atoms with Gasteiger partial charge in [-0.05, 0) is 31.0 Å². The molecule has 0 saturated carbocycles. The van der Waals surface area contributed by atoms with Crippen LogP contribution in [0.4, 0.5) is 5.13 Å². The van der Waals surface area contributed by atoms with Crippen molar-refractivity contribution in [2.75, 3.05) is 17.9 Å². The number of fused-ring (bicyclic) bond motifs is 1. The van der Waals surface area contributed by atoms with Gasteiger partial charge in [0.25, 0.3) is 10.0 Å². The van der Waals surface area contributed by atoms with E-state index in [4.69, 9.17) is 4.74 Å². The summed E-state index contributed by atoms with van der Waals surface area (Å²) in [6, 6.07) is 16.4. The zero-order chi connectivity index (χ0) is 21.3. The lowest BCUT2D eigenvalue weighted by molar-refractivity contribution is 0.0668. The van der Waals surface area contributed by atoms with E-state index in [9.17, 15) is 8.42 Å². The number of benzene rings is 2. The van der Waals surface area contributed by atoms with Gasteiger partial charge in [-0.3, -0.25) is 9.62 Å². The summed E-state index contributed by atoms with van der Waals surface area (Å²) in [6.07, 6.45) is 5.75. The molecule has 0 unspecified atom stereocenters. The number of nitrogens with one attached hydrogen (secondary N) is 1. The molecular weight excluding hydrogens is 432 g/mol. The van der Waals surface area contributed by atoms with Crippen molar-refractivity contribution >= 4 is 26.7 Å². The summed E-state index contributed by atoms with van der Waals surface area (Å²) in [5, 5.41) is 0.246. The van der Waals surface area contributed by atoms with Crippen LogP contribution in [0.2, 0.25) is 0 Å². The maximum Gasteiger partial charge on any atom is 0.263 e. The molecule has 1 saturated heterocycles. The lowest BCUT2D eigenvalue weighted by atomic mass is 9.90. The van der Waals surface area contributed by atoms with Crippen LogP contribution in [0, 0.1) is 0 Å². The number of hydrogen-bond donors (Lipinski definition) is 1. The zero-order valence-corrected chi connectivity index (χ0v) is 18.6. The summed E-state index contributed by atoms with van der Waals surface area (Å²) in [4.78, 5) is 6.65. The number of likely N-dealkylation sites (tertiary alicyclic amines) is 1. The Labute approximate surface area is 186 Å². The number of rotatable bonds is 5. The molecule has 3 heterocycles. The first-order valence-electron chi connectivity index (χ1n) is 10.5. The van der Waals surface area contributed by atoms with Gasteiger partial charge in [0.05, 0.1) is 11.5 Å². The molecule has 0 amide bonds. The molecule has 0 spiro atoms. The predicted molar refractivity (Wildman–Crippen MR) is 120 cm³/mol. The average Bonchev–Trinajstić information content (AvgIpc) is 3.31. The van der Waals surface area contributed by atoms with Gasteiger partial charge in [0.2, 0.25) is 5.13 Å². The molecule has 5 rings (SSSR count). The highest BCUT2D eigenvalue weighted by atomic mass is 32.2. The Kier molecular flexibility index (Phi) is 5.64. The molecule has 162 valence electrons. The van der Waals surface area contributed by atoms with Gasteiger partial charge < -0.3 is 4.74 Å². The van der Waals surface area contributed by atoms with E-state index >= 15 is 0 Å². The minimum Gasteiger partial charge on any atom is -0.493 e. The molecule has 2 atom stereocenters. The minimum atomic E-state index is -3.75. The van der Waals surface area contributed by atoms with Gasteiger partial charge in [-0.1, -0.05) is 42.8 Å². The minimum absolute atomic E-state index is 0.167. The van der Waals surface area contributed by atoms with E-state index in [1.54, 1.807) is 12.1 Å². The summed E-state index contributed by atoms with van der Waals surface area (Å²) >= 11 is 1.00. The van der Waals surface area contributed by atoms with Gasteiger partial charge >= 0.3 is 0 Å². The second-order valence-corrected chi connectivity index (χ2v) is 10.3. The average molecular weight is 457 g/mol. The lowest BCUT2D eigenvalue weighted by Gasteiger charge is -2.43. The van der Waals surface area contributed by atoms with Crippen molar-refractivity contribution < 1.29 is 13.2 Å². The van der Waals surface area contributed by atoms with Crippen LogP contribution >= 0.6 is 11.5 Å². The molecular formula is C22H24N4O3S2. The number of ether oxygens (including phenoxy) is 1. The van der Waals surface area contributed by atoms with Crippen LogP contribution in [0.15, 0.2) is 59.8 Å². The fourth-order valence-corrected chi connectivity index (χ4v) is 6.29. The maximum absolute atomic E-state index is 12.8. The molecule has 2 aliphatic heterocycles. The molecule has 2 aromatic carbocycles. The van der Waals surface area contributed by atoms with Gasteiger partial charge in [0, 0.05) is 41.7 Å². The number of piperidine rings is 1. The molecule has 1 aromatic heterocycles. The molecule has 1 N–H and O–H groups in total. The summed E-state index contributed by atoms with van der Waals surface area (Å²) < 4.78 is 37.8. The molecule has 1 fully saturated rings. The van der Waals surface area contributed by atoms with Gasteiger partial charge in [0.1, 0.15) is 12.1 Å². The van der Waals surface area contributed by atoms with Crippen LogP contribution in [0.25, 0.3) is 0 Å². The van der Waals surface area contributed by atoms with Crippen LogP contribution < -0.4 is 9.46 Å². The number of hydrogen-bond acceptors (Lipinski definition) is 7. The fourth-order valence-electron chi connectivity index (χ4n) is 4.61. The smallest absolute Gasteiger partial charge is 0.263 e. The van der Waals surface area contributed by atoms with E-state index in [2.05, 4.69) is 49.3 Å². The second kappa shape index (κ2) is 8.57. The van der Waals surface area contributed by atoms with E-state index in [1.165, 1.54) is 24.7 Å². The zero-order valence-electron chi connectivity index (χ0n) is 17.0. The molecule has 0 aliphatic carbocycles. The fraction of sp³-hybridized carbons (Fsp3) is 0.364.